The first-order valence-electron chi connectivity index (χ1n) is 8.38. The van der Waals surface area contributed by atoms with E-state index in [1.807, 2.05) is 6.07 Å². The Morgan fingerprint density at radius 2 is 1.67 bits per heavy atom. The lowest BCUT2D eigenvalue weighted by Gasteiger charge is -2.14. The molecule has 0 spiro atoms. The van der Waals surface area contributed by atoms with Crippen molar-refractivity contribution in [3.8, 4) is 28.7 Å². The number of carbonyl (C=O) groups is 1. The van der Waals surface area contributed by atoms with Crippen LogP contribution in [0.25, 0.3) is 0 Å². The zero-order valence-electron chi connectivity index (χ0n) is 15.5. The summed E-state index contributed by atoms with van der Waals surface area (Å²) in [5.41, 5.74) is 1.53. The van der Waals surface area contributed by atoms with Crippen molar-refractivity contribution in [2.45, 2.75) is 6.42 Å². The van der Waals surface area contributed by atoms with Crippen molar-refractivity contribution in [2.24, 2.45) is 0 Å². The van der Waals surface area contributed by atoms with Crippen LogP contribution in [-0.4, -0.2) is 40.7 Å². The summed E-state index contributed by atoms with van der Waals surface area (Å²) in [5, 5.41) is 5.58. The smallest absolute Gasteiger partial charge is 0.319 e. The molecule has 1 heterocycles. The fourth-order valence-electron chi connectivity index (χ4n) is 2.75. The second-order valence-electron chi connectivity index (χ2n) is 5.72. The summed E-state index contributed by atoms with van der Waals surface area (Å²) in [7, 11) is 4.73. The van der Waals surface area contributed by atoms with E-state index in [1.165, 1.54) is 0 Å². The number of benzene rings is 2. The molecule has 3 rings (SSSR count). The van der Waals surface area contributed by atoms with Gasteiger partial charge in [-0.3, -0.25) is 0 Å². The summed E-state index contributed by atoms with van der Waals surface area (Å²) in [4.78, 5) is 12.1. The van der Waals surface area contributed by atoms with E-state index in [9.17, 15) is 4.79 Å². The monoisotopic (exact) mass is 374 g/mol. The van der Waals surface area contributed by atoms with Crippen LogP contribution in [0.4, 0.5) is 10.5 Å². The van der Waals surface area contributed by atoms with E-state index in [-0.39, 0.29) is 12.8 Å². The van der Waals surface area contributed by atoms with Crippen LogP contribution >= 0.6 is 0 Å². The molecule has 2 aromatic carbocycles. The summed E-state index contributed by atoms with van der Waals surface area (Å²) in [6.07, 6.45) is 0.568. The predicted octanol–water partition coefficient (Wildman–Crippen LogP) is 2.81. The lowest BCUT2D eigenvalue weighted by Crippen LogP contribution is -2.30. The summed E-state index contributed by atoms with van der Waals surface area (Å²) in [6, 6.07) is 8.53. The minimum absolute atomic E-state index is 0.193. The molecule has 27 heavy (non-hydrogen) atoms. The van der Waals surface area contributed by atoms with Crippen LogP contribution in [-0.2, 0) is 6.42 Å². The van der Waals surface area contributed by atoms with Crippen LogP contribution in [0.3, 0.4) is 0 Å². The normalized spacial score (nSPS) is 11.7. The highest BCUT2D eigenvalue weighted by molar-refractivity contribution is 5.89. The molecule has 0 aromatic heterocycles. The number of methoxy groups -OCH3 is 3. The predicted molar refractivity (Wildman–Crippen MR) is 99.4 cm³/mol. The second-order valence-corrected chi connectivity index (χ2v) is 5.72. The maximum Gasteiger partial charge on any atom is 0.319 e. The number of amides is 2. The molecule has 8 heteroatoms. The van der Waals surface area contributed by atoms with Gasteiger partial charge >= 0.3 is 6.03 Å². The number of fused-ring (bicyclic) bond motifs is 1. The van der Waals surface area contributed by atoms with Gasteiger partial charge in [-0.25, -0.2) is 4.79 Å². The number of ether oxygens (including phenoxy) is 5. The molecule has 2 amide bonds. The first kappa shape index (κ1) is 18.5. The van der Waals surface area contributed by atoms with Crippen molar-refractivity contribution in [1.82, 2.24) is 5.32 Å². The van der Waals surface area contributed by atoms with Crippen LogP contribution in [0.2, 0.25) is 0 Å². The molecule has 0 bridgehead atoms. The molecule has 2 aromatic rings. The zero-order chi connectivity index (χ0) is 19.2. The number of carbonyl (C=O) groups excluding carboxylic acids is 1. The SMILES string of the molecule is COc1cc(OC)c(OC)cc1CCNC(=O)Nc1ccc2c(c1)OCO2. The fraction of sp³-hybridized carbons (Fsp3) is 0.316. The van der Waals surface area contributed by atoms with Crippen LogP contribution in [0, 0.1) is 0 Å². The number of urea groups is 1. The number of hydrogen-bond acceptors (Lipinski definition) is 6. The Morgan fingerprint density at radius 1 is 0.963 bits per heavy atom. The molecule has 0 radical (unpaired) electrons. The Kier molecular flexibility index (Phi) is 5.75. The second kappa shape index (κ2) is 8.39. The van der Waals surface area contributed by atoms with Gasteiger partial charge < -0.3 is 34.3 Å². The van der Waals surface area contributed by atoms with E-state index < -0.39 is 0 Å². The van der Waals surface area contributed by atoms with E-state index in [0.717, 1.165) is 5.56 Å². The highest BCUT2D eigenvalue weighted by atomic mass is 16.7. The first-order valence-corrected chi connectivity index (χ1v) is 8.38. The largest absolute Gasteiger partial charge is 0.496 e. The quantitative estimate of drug-likeness (QED) is 0.775. The Labute approximate surface area is 157 Å². The molecule has 0 aliphatic carbocycles. The third kappa shape index (κ3) is 4.28. The third-order valence-corrected chi connectivity index (χ3v) is 4.10. The number of hydrogen-bond donors (Lipinski definition) is 2. The van der Waals surface area contributed by atoms with Gasteiger partial charge in [-0.15, -0.1) is 0 Å². The maximum absolute atomic E-state index is 12.1. The maximum atomic E-state index is 12.1. The minimum Gasteiger partial charge on any atom is -0.496 e. The number of rotatable bonds is 7. The van der Waals surface area contributed by atoms with Gasteiger partial charge in [0.2, 0.25) is 6.79 Å². The summed E-state index contributed by atoms with van der Waals surface area (Å²) in [5.74, 6) is 3.15. The van der Waals surface area contributed by atoms with E-state index in [4.69, 9.17) is 23.7 Å². The molecule has 0 saturated carbocycles. The van der Waals surface area contributed by atoms with Crippen molar-refractivity contribution in [3.63, 3.8) is 0 Å². The topological polar surface area (TPSA) is 87.3 Å². The van der Waals surface area contributed by atoms with Crippen LogP contribution in [0.1, 0.15) is 5.56 Å². The molecule has 0 saturated heterocycles. The Balaban J connectivity index is 1.57. The molecular formula is C19H22N2O6. The summed E-state index contributed by atoms with van der Waals surface area (Å²) < 4.78 is 26.5. The molecule has 0 atom stereocenters. The Bertz CT molecular complexity index is 824. The molecule has 8 nitrogen and oxygen atoms in total. The average Bonchev–Trinajstić information content (AvgIpc) is 3.15. The standard InChI is InChI=1S/C19H22N2O6/c1-23-15-10-17(25-3)16(24-2)8-12(15)6-7-20-19(22)21-13-4-5-14-18(9-13)27-11-26-14/h4-5,8-10H,6-7,11H2,1-3H3,(H2,20,21,22). The van der Waals surface area contributed by atoms with Gasteiger partial charge in [-0.2, -0.15) is 0 Å². The van der Waals surface area contributed by atoms with Crippen molar-refractivity contribution < 1.29 is 28.5 Å². The molecule has 0 fully saturated rings. The number of anilines is 1. The van der Waals surface area contributed by atoms with E-state index in [0.29, 0.717) is 47.4 Å². The zero-order valence-corrected chi connectivity index (χ0v) is 15.5. The van der Waals surface area contributed by atoms with Crippen LogP contribution in [0.15, 0.2) is 30.3 Å². The average molecular weight is 374 g/mol. The Hall–Kier alpha value is -3.29. The molecule has 1 aliphatic heterocycles. The highest BCUT2D eigenvalue weighted by Crippen LogP contribution is 2.35. The fourth-order valence-corrected chi connectivity index (χ4v) is 2.75. The van der Waals surface area contributed by atoms with Gasteiger partial charge in [0.1, 0.15) is 5.75 Å². The molecular weight excluding hydrogens is 352 g/mol. The van der Waals surface area contributed by atoms with Crippen LogP contribution < -0.4 is 34.3 Å². The molecule has 1 aliphatic rings. The Morgan fingerprint density at radius 3 is 2.41 bits per heavy atom. The van der Waals surface area contributed by atoms with Gasteiger partial charge in [0.15, 0.2) is 23.0 Å². The van der Waals surface area contributed by atoms with Crippen molar-refractivity contribution >= 4 is 11.7 Å². The lowest BCUT2D eigenvalue weighted by atomic mass is 10.1. The highest BCUT2D eigenvalue weighted by Gasteiger charge is 2.15. The van der Waals surface area contributed by atoms with Crippen molar-refractivity contribution in [3.05, 3.63) is 35.9 Å². The number of nitrogens with one attached hydrogen (secondary N) is 2. The summed E-state index contributed by atoms with van der Waals surface area (Å²) in [6.45, 7) is 0.611. The van der Waals surface area contributed by atoms with E-state index in [1.54, 1.807) is 45.6 Å². The van der Waals surface area contributed by atoms with Gasteiger partial charge in [0, 0.05) is 24.4 Å². The van der Waals surface area contributed by atoms with E-state index >= 15 is 0 Å². The van der Waals surface area contributed by atoms with Crippen LogP contribution in [0.5, 0.6) is 28.7 Å². The molecule has 2 N–H and O–H groups in total. The van der Waals surface area contributed by atoms with Gasteiger partial charge in [0.05, 0.1) is 21.3 Å². The first-order chi connectivity index (χ1) is 13.1. The summed E-state index contributed by atoms with van der Waals surface area (Å²) >= 11 is 0. The lowest BCUT2D eigenvalue weighted by molar-refractivity contribution is 0.174. The molecule has 0 unspecified atom stereocenters. The van der Waals surface area contributed by atoms with Gasteiger partial charge in [-0.05, 0) is 30.2 Å². The van der Waals surface area contributed by atoms with Gasteiger partial charge in [-0.1, -0.05) is 0 Å². The van der Waals surface area contributed by atoms with Gasteiger partial charge in [0.25, 0.3) is 0 Å². The van der Waals surface area contributed by atoms with Crippen molar-refractivity contribution in [1.29, 1.82) is 0 Å². The minimum atomic E-state index is -0.312. The third-order valence-electron chi connectivity index (χ3n) is 4.10. The van der Waals surface area contributed by atoms with E-state index in [2.05, 4.69) is 10.6 Å². The van der Waals surface area contributed by atoms with Crippen molar-refractivity contribution in [2.75, 3.05) is 40.0 Å². The molecule has 144 valence electrons.